The number of nitrogens with one attached hydrogen (secondary N) is 2. The predicted octanol–water partition coefficient (Wildman–Crippen LogP) is 5.86. The van der Waals surface area contributed by atoms with E-state index in [1.807, 2.05) is 0 Å². The van der Waals surface area contributed by atoms with Crippen molar-refractivity contribution < 1.29 is 0 Å². The van der Waals surface area contributed by atoms with E-state index in [1.165, 1.54) is 10.9 Å². The average molecular weight is 356 g/mol. The van der Waals surface area contributed by atoms with Gasteiger partial charge in [0.1, 0.15) is 5.82 Å². The van der Waals surface area contributed by atoms with E-state index in [2.05, 4.69) is 87.4 Å². The van der Waals surface area contributed by atoms with E-state index in [1.54, 1.807) is 0 Å². The Morgan fingerprint density at radius 1 is 1.05 bits per heavy atom. The molecular formula is C18H18BrN3. The lowest BCUT2D eigenvalue weighted by atomic mass is 10.2. The van der Waals surface area contributed by atoms with Crippen LogP contribution in [-0.4, -0.2) is 4.57 Å². The van der Waals surface area contributed by atoms with Crippen LogP contribution in [0.25, 0.3) is 10.9 Å². The van der Waals surface area contributed by atoms with Crippen molar-refractivity contribution in [3.63, 3.8) is 0 Å². The van der Waals surface area contributed by atoms with E-state index in [9.17, 15) is 0 Å². The van der Waals surface area contributed by atoms with Gasteiger partial charge in [-0.3, -0.25) is 0 Å². The average Bonchev–Trinajstić information content (AvgIpc) is 2.78. The first-order chi connectivity index (χ1) is 10.6. The van der Waals surface area contributed by atoms with Gasteiger partial charge in [-0.15, -0.1) is 0 Å². The molecule has 0 bridgehead atoms. The number of halogens is 1. The smallest absolute Gasteiger partial charge is 0.135 e. The Balaban J connectivity index is 1.97. The third-order valence-corrected chi connectivity index (χ3v) is 4.51. The molecule has 3 aromatic rings. The van der Waals surface area contributed by atoms with Crippen LogP contribution in [-0.2, 0) is 6.54 Å². The Kier molecular flexibility index (Phi) is 3.15. The molecule has 0 saturated carbocycles. The second-order valence-electron chi connectivity index (χ2n) is 6.19. The van der Waals surface area contributed by atoms with Gasteiger partial charge in [0.05, 0.1) is 22.6 Å². The zero-order chi connectivity index (χ0) is 15.3. The van der Waals surface area contributed by atoms with Gasteiger partial charge in [0.15, 0.2) is 0 Å². The van der Waals surface area contributed by atoms with Crippen LogP contribution < -0.4 is 10.6 Å². The maximum absolute atomic E-state index is 3.61. The van der Waals surface area contributed by atoms with Crippen molar-refractivity contribution in [2.75, 3.05) is 10.6 Å². The van der Waals surface area contributed by atoms with Gasteiger partial charge < -0.3 is 15.2 Å². The zero-order valence-electron chi connectivity index (χ0n) is 12.7. The van der Waals surface area contributed by atoms with Gasteiger partial charge in [-0.2, -0.15) is 0 Å². The lowest BCUT2D eigenvalue weighted by Gasteiger charge is -2.23. The number of para-hydroxylation sites is 2. The van der Waals surface area contributed by atoms with E-state index in [4.69, 9.17) is 0 Å². The second kappa shape index (κ2) is 5.06. The third-order valence-electron chi connectivity index (χ3n) is 4.01. The van der Waals surface area contributed by atoms with Gasteiger partial charge in [0.25, 0.3) is 0 Å². The number of aromatic nitrogens is 1. The molecule has 0 spiro atoms. The topological polar surface area (TPSA) is 29.0 Å². The highest BCUT2D eigenvalue weighted by atomic mass is 79.9. The molecule has 1 aliphatic rings. The fourth-order valence-corrected chi connectivity index (χ4v) is 3.46. The van der Waals surface area contributed by atoms with Crippen molar-refractivity contribution in [1.29, 1.82) is 0 Å². The first-order valence-electron chi connectivity index (χ1n) is 7.58. The molecule has 0 fully saturated rings. The largest absolute Gasteiger partial charge is 0.350 e. The minimum absolute atomic E-state index is 0.585. The molecule has 0 aliphatic carbocycles. The fraction of sp³-hybridized carbons (Fsp3) is 0.222. The van der Waals surface area contributed by atoms with Crippen LogP contribution in [0.15, 0.2) is 46.9 Å². The molecule has 0 radical (unpaired) electrons. The highest BCUT2D eigenvalue weighted by Crippen LogP contribution is 2.45. The summed E-state index contributed by atoms with van der Waals surface area (Å²) in [5.41, 5.74) is 4.67. The molecule has 3 nitrogen and oxygen atoms in total. The summed E-state index contributed by atoms with van der Waals surface area (Å²) in [5.74, 6) is 1.74. The van der Waals surface area contributed by atoms with Gasteiger partial charge in [-0.25, -0.2) is 0 Å². The fourth-order valence-electron chi connectivity index (χ4n) is 3.10. The maximum atomic E-state index is 3.61. The lowest BCUT2D eigenvalue weighted by molar-refractivity contribution is 0.539. The Morgan fingerprint density at radius 2 is 1.77 bits per heavy atom. The summed E-state index contributed by atoms with van der Waals surface area (Å²) in [5, 5.41) is 8.45. The first kappa shape index (κ1) is 13.7. The minimum atomic E-state index is 0.585. The van der Waals surface area contributed by atoms with Gasteiger partial charge in [0.2, 0.25) is 0 Å². The van der Waals surface area contributed by atoms with E-state index in [0.717, 1.165) is 33.9 Å². The molecule has 0 atom stereocenters. The van der Waals surface area contributed by atoms with Crippen LogP contribution in [0.5, 0.6) is 0 Å². The zero-order valence-corrected chi connectivity index (χ0v) is 14.2. The summed E-state index contributed by atoms with van der Waals surface area (Å²) in [7, 11) is 0. The second-order valence-corrected chi connectivity index (χ2v) is 7.10. The summed E-state index contributed by atoms with van der Waals surface area (Å²) in [4.78, 5) is 0. The standard InChI is InChI=1S/C18H18BrN3/c1-11(2)10-22-16-8-7-12(19)9-13(16)17-18(22)21-15-6-4-3-5-14(15)20-17/h3-9,11,20-21H,10H2,1-2H3. The first-order valence-corrected chi connectivity index (χ1v) is 8.37. The van der Waals surface area contributed by atoms with Crippen molar-refractivity contribution >= 4 is 49.7 Å². The Hall–Kier alpha value is -1.94. The molecule has 0 unspecified atom stereocenters. The number of hydrogen-bond acceptors (Lipinski definition) is 2. The summed E-state index contributed by atoms with van der Waals surface area (Å²) >= 11 is 3.59. The van der Waals surface area contributed by atoms with Crippen molar-refractivity contribution in [3.8, 4) is 0 Å². The Labute approximate surface area is 138 Å². The Morgan fingerprint density at radius 3 is 2.50 bits per heavy atom. The van der Waals surface area contributed by atoms with Gasteiger partial charge in [0, 0.05) is 16.4 Å². The number of benzene rings is 2. The van der Waals surface area contributed by atoms with E-state index in [0.29, 0.717) is 5.92 Å². The maximum Gasteiger partial charge on any atom is 0.135 e. The van der Waals surface area contributed by atoms with Crippen LogP contribution in [0.1, 0.15) is 13.8 Å². The molecule has 2 aromatic carbocycles. The van der Waals surface area contributed by atoms with Crippen molar-refractivity contribution in [3.05, 3.63) is 46.9 Å². The number of fused-ring (bicyclic) bond motifs is 4. The number of hydrogen-bond donors (Lipinski definition) is 2. The van der Waals surface area contributed by atoms with E-state index in [-0.39, 0.29) is 0 Å². The molecule has 4 rings (SSSR count). The van der Waals surface area contributed by atoms with Gasteiger partial charge in [-0.1, -0.05) is 41.9 Å². The molecule has 0 amide bonds. The quantitative estimate of drug-likeness (QED) is 0.471. The van der Waals surface area contributed by atoms with Crippen molar-refractivity contribution in [2.45, 2.75) is 20.4 Å². The normalized spacial score (nSPS) is 12.7. The van der Waals surface area contributed by atoms with Gasteiger partial charge in [-0.05, 0) is 36.2 Å². The molecule has 112 valence electrons. The van der Waals surface area contributed by atoms with Crippen molar-refractivity contribution in [1.82, 2.24) is 4.57 Å². The summed E-state index contributed by atoms with van der Waals surface area (Å²) < 4.78 is 3.48. The molecule has 0 saturated heterocycles. The van der Waals surface area contributed by atoms with E-state index >= 15 is 0 Å². The van der Waals surface area contributed by atoms with Crippen LogP contribution in [0.4, 0.5) is 22.9 Å². The van der Waals surface area contributed by atoms with Crippen LogP contribution >= 0.6 is 15.9 Å². The molecular weight excluding hydrogens is 338 g/mol. The number of rotatable bonds is 2. The number of nitrogens with zero attached hydrogens (tertiary/aromatic N) is 1. The van der Waals surface area contributed by atoms with Crippen LogP contribution in [0.3, 0.4) is 0 Å². The highest BCUT2D eigenvalue weighted by Gasteiger charge is 2.23. The summed E-state index contributed by atoms with van der Waals surface area (Å²) in [6, 6.07) is 14.8. The molecule has 22 heavy (non-hydrogen) atoms. The molecule has 1 aromatic heterocycles. The SMILES string of the molecule is CC(C)Cn1c2c(c3cc(Br)ccc31)Nc1ccccc1N2. The Bertz CT molecular complexity index is 864. The summed E-state index contributed by atoms with van der Waals surface area (Å²) in [6.07, 6.45) is 0. The van der Waals surface area contributed by atoms with Crippen LogP contribution in [0.2, 0.25) is 0 Å². The predicted molar refractivity (Wildman–Crippen MR) is 97.5 cm³/mol. The lowest BCUT2D eigenvalue weighted by Crippen LogP contribution is -2.11. The number of anilines is 4. The van der Waals surface area contributed by atoms with Crippen molar-refractivity contribution in [2.24, 2.45) is 5.92 Å². The molecule has 1 aliphatic heterocycles. The third kappa shape index (κ3) is 2.10. The van der Waals surface area contributed by atoms with Crippen LogP contribution in [0, 0.1) is 5.92 Å². The monoisotopic (exact) mass is 355 g/mol. The summed E-state index contributed by atoms with van der Waals surface area (Å²) in [6.45, 7) is 5.49. The van der Waals surface area contributed by atoms with Gasteiger partial charge >= 0.3 is 0 Å². The molecule has 2 N–H and O–H groups in total. The molecule has 2 heterocycles. The highest BCUT2D eigenvalue weighted by molar-refractivity contribution is 9.10. The van der Waals surface area contributed by atoms with E-state index < -0.39 is 0 Å². The minimum Gasteiger partial charge on any atom is -0.350 e. The molecule has 4 heteroatoms.